The maximum atomic E-state index is 13.3. The van der Waals surface area contributed by atoms with E-state index < -0.39 is 9.84 Å². The Morgan fingerprint density at radius 3 is 2.53 bits per heavy atom. The predicted molar refractivity (Wildman–Crippen MR) is 116 cm³/mol. The van der Waals surface area contributed by atoms with Crippen molar-refractivity contribution < 1.29 is 17.9 Å². The van der Waals surface area contributed by atoms with Crippen molar-refractivity contribution in [3.8, 4) is 17.3 Å². The molecular formula is C23H20N4O4S. The van der Waals surface area contributed by atoms with Crippen molar-refractivity contribution in [1.82, 2.24) is 14.7 Å². The van der Waals surface area contributed by atoms with Crippen LogP contribution in [0.1, 0.15) is 27.2 Å². The van der Waals surface area contributed by atoms with Crippen molar-refractivity contribution in [1.29, 1.82) is 5.26 Å². The van der Waals surface area contributed by atoms with E-state index in [1.165, 1.54) is 0 Å². The molecule has 162 valence electrons. The van der Waals surface area contributed by atoms with Crippen molar-refractivity contribution in [2.24, 2.45) is 0 Å². The maximum absolute atomic E-state index is 13.3. The lowest BCUT2D eigenvalue weighted by molar-refractivity contribution is 0.0298. The molecule has 0 aliphatic carbocycles. The monoisotopic (exact) mass is 448 g/mol. The fraction of sp³-hybridized carbons (Fsp3) is 0.261. The Morgan fingerprint density at radius 2 is 1.81 bits per heavy atom. The second kappa shape index (κ2) is 7.89. The maximum Gasteiger partial charge on any atom is 0.274 e. The number of nitriles is 1. The van der Waals surface area contributed by atoms with Crippen molar-refractivity contribution in [2.45, 2.75) is 17.2 Å². The first-order valence-corrected chi connectivity index (χ1v) is 11.9. The summed E-state index contributed by atoms with van der Waals surface area (Å²) >= 11 is 0. The highest BCUT2D eigenvalue weighted by Gasteiger charge is 2.36. The summed E-state index contributed by atoms with van der Waals surface area (Å²) in [7, 11) is -3.60. The predicted octanol–water partition coefficient (Wildman–Crippen LogP) is 2.23. The number of sulfone groups is 1. The van der Waals surface area contributed by atoms with Crippen molar-refractivity contribution >= 4 is 15.7 Å². The van der Waals surface area contributed by atoms with Crippen LogP contribution < -0.4 is 0 Å². The number of carbonyl (C=O) groups is 1. The number of amides is 1. The van der Waals surface area contributed by atoms with Crippen LogP contribution >= 0.6 is 0 Å². The summed E-state index contributed by atoms with van der Waals surface area (Å²) in [4.78, 5) is 15.2. The second-order valence-corrected chi connectivity index (χ2v) is 9.76. The standard InChI is InChI=1S/C23H20N4O4S/c24-13-16-5-7-17(8-6-16)14-27-22-18-3-1-2-4-20(18)32(29,30)15-19(22)21(25-27)23(28)26-9-11-31-12-10-26/h1-8H,9-12,14-15H2. The molecule has 8 nitrogen and oxygen atoms in total. The van der Waals surface area contributed by atoms with Crippen LogP contribution in [-0.2, 0) is 26.9 Å². The molecule has 1 amide bonds. The van der Waals surface area contributed by atoms with Crippen LogP contribution in [0.5, 0.6) is 0 Å². The molecule has 0 spiro atoms. The Hall–Kier alpha value is -3.48. The number of morpholine rings is 1. The summed E-state index contributed by atoms with van der Waals surface area (Å²) in [5.74, 6) is -0.546. The molecule has 3 aromatic rings. The highest BCUT2D eigenvalue weighted by molar-refractivity contribution is 7.90. The van der Waals surface area contributed by atoms with Gasteiger partial charge in [0.15, 0.2) is 15.5 Å². The Morgan fingerprint density at radius 1 is 1.09 bits per heavy atom. The van der Waals surface area contributed by atoms with Gasteiger partial charge in [0.25, 0.3) is 5.91 Å². The van der Waals surface area contributed by atoms with Crippen LogP contribution in [0.2, 0.25) is 0 Å². The molecule has 5 rings (SSSR count). The average molecular weight is 449 g/mol. The van der Waals surface area contributed by atoms with Gasteiger partial charge in [-0.1, -0.05) is 30.3 Å². The van der Waals surface area contributed by atoms with Gasteiger partial charge in [0.2, 0.25) is 0 Å². The van der Waals surface area contributed by atoms with E-state index in [9.17, 15) is 13.2 Å². The van der Waals surface area contributed by atoms with E-state index in [4.69, 9.17) is 10.00 Å². The summed E-state index contributed by atoms with van der Waals surface area (Å²) in [5, 5.41) is 13.7. The lowest BCUT2D eigenvalue weighted by Gasteiger charge is -2.26. The Balaban J connectivity index is 1.65. The topological polar surface area (TPSA) is 105 Å². The zero-order valence-electron chi connectivity index (χ0n) is 17.2. The Labute approximate surface area is 185 Å². The SMILES string of the molecule is N#Cc1ccc(Cn2nc(C(=O)N3CCOCC3)c3c2-c2ccccc2S(=O)(=O)C3)cc1. The van der Waals surface area contributed by atoms with Crippen molar-refractivity contribution in [3.05, 3.63) is 70.9 Å². The second-order valence-electron chi connectivity index (χ2n) is 7.80. The van der Waals surface area contributed by atoms with E-state index in [0.717, 1.165) is 5.56 Å². The van der Waals surface area contributed by atoms with E-state index >= 15 is 0 Å². The number of hydrogen-bond donors (Lipinski definition) is 0. The van der Waals surface area contributed by atoms with Gasteiger partial charge in [0.05, 0.1) is 47.7 Å². The molecule has 2 aliphatic heterocycles. The molecule has 0 bridgehead atoms. The third kappa shape index (κ3) is 3.47. The minimum Gasteiger partial charge on any atom is -0.378 e. The molecule has 0 atom stereocenters. The fourth-order valence-corrected chi connectivity index (χ4v) is 5.79. The summed E-state index contributed by atoms with van der Waals surface area (Å²) in [5.41, 5.74) is 3.26. The van der Waals surface area contributed by atoms with Crippen LogP contribution in [0, 0.1) is 11.3 Å². The first-order chi connectivity index (χ1) is 15.5. The van der Waals surface area contributed by atoms with Crippen LogP contribution in [0.4, 0.5) is 0 Å². The minimum atomic E-state index is -3.60. The zero-order chi connectivity index (χ0) is 22.3. The molecule has 0 N–H and O–H groups in total. The van der Waals surface area contributed by atoms with Crippen molar-refractivity contribution in [3.63, 3.8) is 0 Å². The lowest BCUT2D eigenvalue weighted by atomic mass is 10.0. The number of ether oxygens (including phenoxy) is 1. The van der Waals surface area contributed by atoms with Gasteiger partial charge in [0, 0.05) is 24.2 Å². The molecule has 1 aromatic heterocycles. The fourth-order valence-electron chi connectivity index (χ4n) is 4.20. The number of nitrogens with zero attached hydrogens (tertiary/aromatic N) is 4. The van der Waals surface area contributed by atoms with Gasteiger partial charge in [-0.2, -0.15) is 10.4 Å². The number of aromatic nitrogens is 2. The number of fused-ring (bicyclic) bond motifs is 3. The van der Waals surface area contributed by atoms with E-state index in [2.05, 4.69) is 11.2 Å². The minimum absolute atomic E-state index is 0.175. The highest BCUT2D eigenvalue weighted by Crippen LogP contribution is 2.40. The molecule has 0 radical (unpaired) electrons. The molecule has 3 heterocycles. The molecule has 2 aliphatic rings. The van der Waals surface area contributed by atoms with Gasteiger partial charge in [-0.25, -0.2) is 8.42 Å². The van der Waals surface area contributed by atoms with E-state index in [1.807, 2.05) is 12.1 Å². The first kappa shape index (κ1) is 20.4. The van der Waals surface area contributed by atoms with E-state index in [1.54, 1.807) is 46.0 Å². The third-order valence-electron chi connectivity index (χ3n) is 5.78. The Kier molecular flexibility index (Phi) is 5.04. The van der Waals surface area contributed by atoms with Gasteiger partial charge in [-0.05, 0) is 23.8 Å². The van der Waals surface area contributed by atoms with Crippen LogP contribution in [-0.4, -0.2) is 55.3 Å². The highest BCUT2D eigenvalue weighted by atomic mass is 32.2. The molecule has 0 saturated carbocycles. The van der Waals surface area contributed by atoms with Gasteiger partial charge in [0.1, 0.15) is 0 Å². The molecule has 1 fully saturated rings. The van der Waals surface area contributed by atoms with E-state index in [-0.39, 0.29) is 22.2 Å². The largest absolute Gasteiger partial charge is 0.378 e. The van der Waals surface area contributed by atoms with Gasteiger partial charge in [-0.3, -0.25) is 9.48 Å². The summed E-state index contributed by atoms with van der Waals surface area (Å²) in [6.45, 7) is 2.12. The van der Waals surface area contributed by atoms with Crippen molar-refractivity contribution in [2.75, 3.05) is 26.3 Å². The summed E-state index contributed by atoms with van der Waals surface area (Å²) < 4.78 is 33.1. The van der Waals surface area contributed by atoms with Gasteiger partial charge in [-0.15, -0.1) is 0 Å². The van der Waals surface area contributed by atoms with E-state index in [0.29, 0.717) is 55.2 Å². The lowest BCUT2D eigenvalue weighted by Crippen LogP contribution is -2.41. The smallest absolute Gasteiger partial charge is 0.274 e. The molecule has 9 heteroatoms. The molecule has 1 saturated heterocycles. The van der Waals surface area contributed by atoms with Crippen LogP contribution in [0.25, 0.3) is 11.3 Å². The molecule has 32 heavy (non-hydrogen) atoms. The van der Waals surface area contributed by atoms with Gasteiger partial charge >= 0.3 is 0 Å². The molecular weight excluding hydrogens is 428 g/mol. The zero-order valence-corrected chi connectivity index (χ0v) is 18.0. The number of carbonyl (C=O) groups excluding carboxylic acids is 1. The van der Waals surface area contributed by atoms with Crippen LogP contribution in [0.15, 0.2) is 53.4 Å². The number of hydrogen-bond acceptors (Lipinski definition) is 6. The summed E-state index contributed by atoms with van der Waals surface area (Å²) in [6, 6.07) is 16.0. The average Bonchev–Trinajstić information content (AvgIpc) is 3.17. The molecule has 2 aromatic carbocycles. The third-order valence-corrected chi connectivity index (χ3v) is 7.47. The Bertz CT molecular complexity index is 1350. The number of benzene rings is 2. The normalized spacial score (nSPS) is 16.7. The summed E-state index contributed by atoms with van der Waals surface area (Å²) in [6.07, 6.45) is 0. The van der Waals surface area contributed by atoms with Crippen LogP contribution in [0.3, 0.4) is 0 Å². The van der Waals surface area contributed by atoms with Gasteiger partial charge < -0.3 is 9.64 Å². The quantitative estimate of drug-likeness (QED) is 0.608. The number of rotatable bonds is 3. The first-order valence-electron chi connectivity index (χ1n) is 10.3. The molecule has 0 unspecified atom stereocenters.